The fourth-order valence-corrected chi connectivity index (χ4v) is 3.50. The molecule has 0 unspecified atom stereocenters. The van der Waals surface area contributed by atoms with Gasteiger partial charge in [0.05, 0.1) is 10.6 Å². The number of aryl methyl sites for hydroxylation is 2. The molecule has 0 fully saturated rings. The third-order valence-corrected chi connectivity index (χ3v) is 4.50. The third kappa shape index (κ3) is 3.01. The SMILES string of the molecule is Cc1cc(O)cc(C)c1NS(=O)(=O)c1ccccc1[N+](=O)[O-]. The van der Waals surface area contributed by atoms with E-state index in [4.69, 9.17) is 0 Å². The minimum absolute atomic E-state index is 0.0173. The Morgan fingerprint density at radius 2 is 1.68 bits per heavy atom. The molecule has 0 spiro atoms. The van der Waals surface area contributed by atoms with Crippen LogP contribution in [0.25, 0.3) is 0 Å². The van der Waals surface area contributed by atoms with Gasteiger partial charge in [-0.2, -0.15) is 0 Å². The molecular weight excluding hydrogens is 308 g/mol. The monoisotopic (exact) mass is 322 g/mol. The number of phenolic OH excluding ortho intramolecular Hbond substituents is 1. The molecule has 0 saturated heterocycles. The van der Waals surface area contributed by atoms with Gasteiger partial charge >= 0.3 is 0 Å². The molecule has 2 rings (SSSR count). The van der Waals surface area contributed by atoms with Crippen LogP contribution in [0, 0.1) is 24.0 Å². The number of para-hydroxylation sites is 1. The molecular formula is C14H14N2O5S. The smallest absolute Gasteiger partial charge is 0.289 e. The zero-order valence-electron chi connectivity index (χ0n) is 11.9. The molecule has 0 heterocycles. The predicted molar refractivity (Wildman–Crippen MR) is 81.5 cm³/mol. The van der Waals surface area contributed by atoms with Crippen molar-refractivity contribution in [3.8, 4) is 5.75 Å². The van der Waals surface area contributed by atoms with Gasteiger partial charge in [-0.25, -0.2) is 8.42 Å². The van der Waals surface area contributed by atoms with Gasteiger partial charge < -0.3 is 5.11 Å². The van der Waals surface area contributed by atoms with Crippen molar-refractivity contribution in [3.05, 3.63) is 57.6 Å². The number of benzene rings is 2. The number of sulfonamides is 1. The molecule has 22 heavy (non-hydrogen) atoms. The van der Waals surface area contributed by atoms with Crippen LogP contribution in [-0.2, 0) is 10.0 Å². The maximum Gasteiger partial charge on any atom is 0.289 e. The maximum absolute atomic E-state index is 12.4. The number of phenols is 1. The number of hydrogen-bond donors (Lipinski definition) is 2. The molecule has 7 nitrogen and oxygen atoms in total. The van der Waals surface area contributed by atoms with Crippen molar-refractivity contribution in [2.45, 2.75) is 18.7 Å². The number of rotatable bonds is 4. The van der Waals surface area contributed by atoms with Crippen LogP contribution >= 0.6 is 0 Å². The second-order valence-electron chi connectivity index (χ2n) is 4.78. The number of nitrogens with zero attached hydrogens (tertiary/aromatic N) is 1. The highest BCUT2D eigenvalue weighted by molar-refractivity contribution is 7.92. The Bertz CT molecular complexity index is 823. The lowest BCUT2D eigenvalue weighted by atomic mass is 10.1. The van der Waals surface area contributed by atoms with Gasteiger partial charge in [-0.15, -0.1) is 0 Å². The normalized spacial score (nSPS) is 11.2. The average molecular weight is 322 g/mol. The minimum Gasteiger partial charge on any atom is -0.508 e. The average Bonchev–Trinajstić information content (AvgIpc) is 2.43. The topological polar surface area (TPSA) is 110 Å². The van der Waals surface area contributed by atoms with E-state index in [1.54, 1.807) is 13.8 Å². The Kier molecular flexibility index (Phi) is 4.05. The van der Waals surface area contributed by atoms with Crippen LogP contribution in [0.4, 0.5) is 11.4 Å². The fourth-order valence-electron chi connectivity index (χ4n) is 2.13. The van der Waals surface area contributed by atoms with Crippen LogP contribution in [-0.4, -0.2) is 18.4 Å². The number of nitrogens with one attached hydrogen (secondary N) is 1. The summed E-state index contributed by atoms with van der Waals surface area (Å²) >= 11 is 0. The molecule has 0 atom stereocenters. The highest BCUT2D eigenvalue weighted by Crippen LogP contribution is 2.30. The quantitative estimate of drug-likeness (QED) is 0.511. The van der Waals surface area contributed by atoms with E-state index >= 15 is 0 Å². The Labute approximate surface area is 127 Å². The molecule has 2 aromatic rings. The summed E-state index contributed by atoms with van der Waals surface area (Å²) in [4.78, 5) is 9.82. The molecule has 116 valence electrons. The van der Waals surface area contributed by atoms with Crippen molar-refractivity contribution in [2.75, 3.05) is 4.72 Å². The number of nitro groups is 1. The van der Waals surface area contributed by atoms with Crippen LogP contribution in [0.15, 0.2) is 41.3 Å². The Hall–Kier alpha value is -2.61. The summed E-state index contributed by atoms with van der Waals surface area (Å²) in [5.41, 5.74) is 0.819. The van der Waals surface area contributed by atoms with Crippen molar-refractivity contribution < 1.29 is 18.4 Å². The van der Waals surface area contributed by atoms with Crippen molar-refractivity contribution >= 4 is 21.4 Å². The van der Waals surface area contributed by atoms with E-state index in [-0.39, 0.29) is 11.4 Å². The first kappa shape index (κ1) is 15.8. The summed E-state index contributed by atoms with van der Waals surface area (Å²) in [5, 5.41) is 20.5. The van der Waals surface area contributed by atoms with Crippen LogP contribution < -0.4 is 4.72 Å². The summed E-state index contributed by atoms with van der Waals surface area (Å²) in [6, 6.07) is 7.93. The highest BCUT2D eigenvalue weighted by atomic mass is 32.2. The van der Waals surface area contributed by atoms with Crippen molar-refractivity contribution in [1.29, 1.82) is 0 Å². The Morgan fingerprint density at radius 1 is 1.14 bits per heavy atom. The van der Waals surface area contributed by atoms with E-state index in [0.717, 1.165) is 6.07 Å². The second kappa shape index (κ2) is 5.64. The van der Waals surface area contributed by atoms with E-state index in [1.807, 2.05) is 0 Å². The van der Waals surface area contributed by atoms with E-state index in [1.165, 1.54) is 30.3 Å². The van der Waals surface area contributed by atoms with Crippen LogP contribution in [0.2, 0.25) is 0 Å². The largest absolute Gasteiger partial charge is 0.508 e. The van der Waals surface area contributed by atoms with Crippen LogP contribution in [0.5, 0.6) is 5.75 Å². The fraction of sp³-hybridized carbons (Fsp3) is 0.143. The molecule has 8 heteroatoms. The predicted octanol–water partition coefficient (Wildman–Crippen LogP) is 2.72. The molecule has 0 saturated carbocycles. The molecule has 0 radical (unpaired) electrons. The highest BCUT2D eigenvalue weighted by Gasteiger charge is 2.26. The Balaban J connectivity index is 2.52. The van der Waals surface area contributed by atoms with Crippen LogP contribution in [0.3, 0.4) is 0 Å². The summed E-state index contributed by atoms with van der Waals surface area (Å²) < 4.78 is 27.2. The maximum atomic E-state index is 12.4. The number of nitro benzene ring substituents is 1. The van der Waals surface area contributed by atoms with E-state index in [9.17, 15) is 23.6 Å². The standard InChI is InChI=1S/C14H14N2O5S/c1-9-7-11(17)8-10(2)14(9)15-22(20,21)13-6-4-3-5-12(13)16(18)19/h3-8,15,17H,1-2H3. The lowest BCUT2D eigenvalue weighted by Crippen LogP contribution is -2.16. The molecule has 0 aliphatic heterocycles. The van der Waals surface area contributed by atoms with Gasteiger partial charge in [-0.05, 0) is 43.2 Å². The molecule has 0 bridgehead atoms. The van der Waals surface area contributed by atoms with E-state index < -0.39 is 25.5 Å². The minimum atomic E-state index is -4.12. The summed E-state index contributed by atoms with van der Waals surface area (Å²) in [5.74, 6) is 0.0173. The van der Waals surface area contributed by atoms with Gasteiger partial charge in [-0.3, -0.25) is 14.8 Å². The van der Waals surface area contributed by atoms with Gasteiger partial charge in [0.25, 0.3) is 15.7 Å². The third-order valence-electron chi connectivity index (χ3n) is 3.11. The molecule has 0 aliphatic rings. The number of aromatic hydroxyl groups is 1. The molecule has 0 aromatic heterocycles. The van der Waals surface area contributed by atoms with Gasteiger partial charge in [-0.1, -0.05) is 12.1 Å². The van der Waals surface area contributed by atoms with Gasteiger partial charge in [0.15, 0.2) is 4.90 Å². The molecule has 0 amide bonds. The van der Waals surface area contributed by atoms with Gasteiger partial charge in [0.1, 0.15) is 5.75 Å². The van der Waals surface area contributed by atoms with Crippen molar-refractivity contribution in [1.82, 2.24) is 0 Å². The summed E-state index contributed by atoms with van der Waals surface area (Å²) in [6.07, 6.45) is 0. The summed E-state index contributed by atoms with van der Waals surface area (Å²) in [6.45, 7) is 3.26. The van der Waals surface area contributed by atoms with Gasteiger partial charge in [0.2, 0.25) is 0 Å². The van der Waals surface area contributed by atoms with E-state index in [0.29, 0.717) is 11.1 Å². The first-order valence-electron chi connectivity index (χ1n) is 6.29. The molecule has 2 N–H and O–H groups in total. The van der Waals surface area contributed by atoms with Crippen molar-refractivity contribution in [2.24, 2.45) is 0 Å². The zero-order chi connectivity index (χ0) is 16.5. The first-order valence-corrected chi connectivity index (χ1v) is 7.77. The summed E-state index contributed by atoms with van der Waals surface area (Å²) in [7, 11) is -4.12. The van der Waals surface area contributed by atoms with Crippen molar-refractivity contribution in [3.63, 3.8) is 0 Å². The molecule has 0 aliphatic carbocycles. The molecule has 2 aromatic carbocycles. The zero-order valence-corrected chi connectivity index (χ0v) is 12.7. The number of anilines is 1. The lowest BCUT2D eigenvalue weighted by molar-refractivity contribution is -0.387. The number of hydrogen-bond acceptors (Lipinski definition) is 5. The van der Waals surface area contributed by atoms with Gasteiger partial charge in [0, 0.05) is 6.07 Å². The second-order valence-corrected chi connectivity index (χ2v) is 6.44. The Morgan fingerprint density at radius 3 is 2.23 bits per heavy atom. The van der Waals surface area contributed by atoms with Crippen LogP contribution in [0.1, 0.15) is 11.1 Å². The van der Waals surface area contributed by atoms with E-state index in [2.05, 4.69) is 4.72 Å². The lowest BCUT2D eigenvalue weighted by Gasteiger charge is -2.13. The first-order chi connectivity index (χ1) is 10.2.